The van der Waals surface area contributed by atoms with Crippen molar-refractivity contribution in [2.45, 2.75) is 32.2 Å². The maximum atomic E-state index is 11.4. The van der Waals surface area contributed by atoms with Gasteiger partial charge in [0.15, 0.2) is 0 Å². The average Bonchev–Trinajstić information content (AvgIpc) is 2.34. The Bertz CT molecular complexity index is 370. The van der Waals surface area contributed by atoms with Crippen LogP contribution >= 0.6 is 0 Å². The molecule has 0 aliphatic rings. The topological polar surface area (TPSA) is 142 Å². The molecule has 2 amide bonds. The van der Waals surface area contributed by atoms with Crippen molar-refractivity contribution >= 4 is 23.9 Å². The maximum absolute atomic E-state index is 11.4. The minimum Gasteiger partial charge on any atom is -0.481 e. The van der Waals surface area contributed by atoms with Crippen LogP contribution in [0.5, 0.6) is 0 Å². The fourth-order valence-electron chi connectivity index (χ4n) is 1.25. The number of carbonyl (C=O) groups is 4. The fraction of sp³-hybridized carbons (Fsp3) is 0.636. The van der Waals surface area contributed by atoms with Gasteiger partial charge in [0.25, 0.3) is 0 Å². The van der Waals surface area contributed by atoms with E-state index >= 15 is 0 Å². The van der Waals surface area contributed by atoms with Gasteiger partial charge in [0.1, 0.15) is 6.04 Å². The predicted octanol–water partition coefficient (Wildman–Crippen LogP) is -0.443. The summed E-state index contributed by atoms with van der Waals surface area (Å²) in [5.74, 6) is -2.96. The van der Waals surface area contributed by atoms with Gasteiger partial charge in [-0.05, 0) is 13.3 Å². The molecular weight excluding hydrogens is 272 g/mol. The van der Waals surface area contributed by atoms with E-state index in [2.05, 4.69) is 15.4 Å². The maximum Gasteiger partial charge on any atom is 0.326 e. The molecule has 0 spiro atoms. The van der Waals surface area contributed by atoms with E-state index < -0.39 is 30.0 Å². The summed E-state index contributed by atoms with van der Waals surface area (Å²) in [5.41, 5.74) is 0. The molecule has 9 nitrogen and oxygen atoms in total. The Morgan fingerprint density at radius 1 is 1.15 bits per heavy atom. The first-order valence-corrected chi connectivity index (χ1v) is 6.01. The summed E-state index contributed by atoms with van der Waals surface area (Å²) in [4.78, 5) is 43.5. The minimum atomic E-state index is -1.33. The Morgan fingerprint density at radius 3 is 2.30 bits per heavy atom. The Hall–Kier alpha value is -2.32. The van der Waals surface area contributed by atoms with E-state index in [0.717, 1.165) is 0 Å². The predicted molar refractivity (Wildman–Crippen MR) is 66.1 cm³/mol. The van der Waals surface area contributed by atoms with Crippen molar-refractivity contribution in [3.8, 4) is 0 Å². The number of rotatable bonds is 9. The number of urea groups is 1. The molecule has 0 aliphatic heterocycles. The van der Waals surface area contributed by atoms with Gasteiger partial charge in [-0.15, -0.1) is 0 Å². The molecule has 4 N–H and O–H groups in total. The van der Waals surface area contributed by atoms with Crippen LogP contribution < -0.4 is 10.6 Å². The number of carboxylic acid groups (broad SMARTS) is 2. The van der Waals surface area contributed by atoms with Crippen LogP contribution in [0.25, 0.3) is 0 Å². The monoisotopic (exact) mass is 290 g/mol. The van der Waals surface area contributed by atoms with Crippen molar-refractivity contribution in [2.24, 2.45) is 0 Å². The van der Waals surface area contributed by atoms with Crippen LogP contribution in [0, 0.1) is 0 Å². The van der Waals surface area contributed by atoms with E-state index in [-0.39, 0.29) is 32.4 Å². The van der Waals surface area contributed by atoms with Crippen LogP contribution in [0.4, 0.5) is 4.79 Å². The van der Waals surface area contributed by atoms with Crippen molar-refractivity contribution < 1.29 is 34.1 Å². The highest BCUT2D eigenvalue weighted by Gasteiger charge is 2.20. The number of nitrogens with one attached hydrogen (secondary N) is 2. The number of aliphatic carboxylic acids is 2. The smallest absolute Gasteiger partial charge is 0.326 e. The van der Waals surface area contributed by atoms with Crippen LogP contribution in [0.15, 0.2) is 0 Å². The van der Waals surface area contributed by atoms with Crippen LogP contribution in [0.1, 0.15) is 26.2 Å². The number of hydrogen-bond donors (Lipinski definition) is 4. The molecule has 0 heterocycles. The Labute approximate surface area is 115 Å². The highest BCUT2D eigenvalue weighted by molar-refractivity contribution is 5.83. The second-order valence-electron chi connectivity index (χ2n) is 3.78. The van der Waals surface area contributed by atoms with Gasteiger partial charge in [0.2, 0.25) is 0 Å². The number of esters is 1. The van der Waals surface area contributed by atoms with Crippen LogP contribution in [0.3, 0.4) is 0 Å². The molecule has 1 unspecified atom stereocenters. The molecule has 9 heteroatoms. The molecule has 0 rings (SSSR count). The Kier molecular flexibility index (Phi) is 8.48. The van der Waals surface area contributed by atoms with Crippen molar-refractivity contribution in [3.63, 3.8) is 0 Å². The molecule has 114 valence electrons. The molecular formula is C11H18N2O7. The van der Waals surface area contributed by atoms with Crippen molar-refractivity contribution in [1.82, 2.24) is 10.6 Å². The fourth-order valence-corrected chi connectivity index (χ4v) is 1.25. The summed E-state index contributed by atoms with van der Waals surface area (Å²) in [6.45, 7) is 1.88. The van der Waals surface area contributed by atoms with Gasteiger partial charge in [-0.3, -0.25) is 9.59 Å². The van der Waals surface area contributed by atoms with Crippen LogP contribution in [-0.2, 0) is 19.1 Å². The molecule has 0 radical (unpaired) electrons. The highest BCUT2D eigenvalue weighted by atomic mass is 16.5. The SMILES string of the molecule is CCOC(=O)CCNC(=O)NC(CCC(=O)O)C(=O)O. The lowest BCUT2D eigenvalue weighted by molar-refractivity contribution is -0.143. The molecule has 0 saturated carbocycles. The number of carboxylic acids is 2. The van der Waals surface area contributed by atoms with Gasteiger partial charge < -0.3 is 25.6 Å². The van der Waals surface area contributed by atoms with Crippen molar-refractivity contribution in [2.75, 3.05) is 13.2 Å². The molecule has 0 aromatic heterocycles. The van der Waals surface area contributed by atoms with Gasteiger partial charge in [-0.25, -0.2) is 9.59 Å². The van der Waals surface area contributed by atoms with Gasteiger partial charge in [0, 0.05) is 13.0 Å². The third kappa shape index (κ3) is 8.72. The second kappa shape index (κ2) is 9.59. The Morgan fingerprint density at radius 2 is 1.80 bits per heavy atom. The first-order chi connectivity index (χ1) is 9.36. The normalized spacial score (nSPS) is 11.2. The van der Waals surface area contributed by atoms with E-state index in [1.807, 2.05) is 0 Å². The largest absolute Gasteiger partial charge is 0.481 e. The lowest BCUT2D eigenvalue weighted by atomic mass is 10.1. The van der Waals surface area contributed by atoms with Crippen molar-refractivity contribution in [3.05, 3.63) is 0 Å². The second-order valence-corrected chi connectivity index (χ2v) is 3.78. The molecule has 0 bridgehead atoms. The quantitative estimate of drug-likeness (QED) is 0.421. The first kappa shape index (κ1) is 17.7. The van der Waals surface area contributed by atoms with Gasteiger partial charge in [-0.1, -0.05) is 0 Å². The minimum absolute atomic E-state index is 0.00403. The van der Waals surface area contributed by atoms with Gasteiger partial charge in [-0.2, -0.15) is 0 Å². The highest BCUT2D eigenvalue weighted by Crippen LogP contribution is 1.98. The number of hydrogen-bond acceptors (Lipinski definition) is 5. The van der Waals surface area contributed by atoms with E-state index in [0.29, 0.717) is 0 Å². The zero-order chi connectivity index (χ0) is 15.5. The van der Waals surface area contributed by atoms with Crippen LogP contribution in [-0.4, -0.2) is 53.3 Å². The molecule has 1 atom stereocenters. The molecule has 0 aromatic rings. The van der Waals surface area contributed by atoms with Gasteiger partial charge >= 0.3 is 23.9 Å². The van der Waals surface area contributed by atoms with Gasteiger partial charge in [0.05, 0.1) is 13.0 Å². The first-order valence-electron chi connectivity index (χ1n) is 6.01. The zero-order valence-electron chi connectivity index (χ0n) is 11.0. The van der Waals surface area contributed by atoms with Crippen LogP contribution in [0.2, 0.25) is 0 Å². The summed E-state index contributed by atoms with van der Waals surface area (Å²) >= 11 is 0. The number of amides is 2. The standard InChI is InChI=1S/C11H18N2O7/c1-2-20-9(16)5-6-12-11(19)13-7(10(17)18)3-4-8(14)15/h7H,2-6H2,1H3,(H,14,15)(H,17,18)(H2,12,13,19). The van der Waals surface area contributed by atoms with E-state index in [4.69, 9.17) is 10.2 Å². The van der Waals surface area contributed by atoms with E-state index in [1.54, 1.807) is 6.92 Å². The average molecular weight is 290 g/mol. The summed E-state index contributed by atoms with van der Waals surface area (Å²) in [6, 6.07) is -2.08. The summed E-state index contributed by atoms with van der Waals surface area (Å²) in [7, 11) is 0. The van der Waals surface area contributed by atoms with E-state index in [1.165, 1.54) is 0 Å². The third-order valence-electron chi connectivity index (χ3n) is 2.17. The summed E-state index contributed by atoms with van der Waals surface area (Å²) in [5, 5.41) is 21.7. The summed E-state index contributed by atoms with van der Waals surface area (Å²) < 4.78 is 4.64. The molecule has 20 heavy (non-hydrogen) atoms. The molecule has 0 aromatic carbocycles. The Balaban J connectivity index is 4.04. The summed E-state index contributed by atoms with van der Waals surface area (Å²) in [6.07, 6.45) is -0.635. The molecule has 0 fully saturated rings. The lowest BCUT2D eigenvalue weighted by Gasteiger charge is -2.14. The number of carbonyl (C=O) groups excluding carboxylic acids is 2. The van der Waals surface area contributed by atoms with E-state index in [9.17, 15) is 19.2 Å². The zero-order valence-corrected chi connectivity index (χ0v) is 11.0. The lowest BCUT2D eigenvalue weighted by Crippen LogP contribution is -2.46. The van der Waals surface area contributed by atoms with Crippen molar-refractivity contribution in [1.29, 1.82) is 0 Å². The number of ether oxygens (including phenoxy) is 1. The molecule has 0 saturated heterocycles. The molecule has 0 aliphatic carbocycles. The third-order valence-corrected chi connectivity index (χ3v) is 2.17.